The second-order valence-corrected chi connectivity index (χ2v) is 6.23. The molecule has 3 nitrogen and oxygen atoms in total. The first kappa shape index (κ1) is 14.8. The molecule has 0 aromatic heterocycles. The lowest BCUT2D eigenvalue weighted by atomic mass is 9.97. The number of benzene rings is 1. The first-order chi connectivity index (χ1) is 9.11. The Kier molecular flexibility index (Phi) is 5.25. The van der Waals surface area contributed by atoms with Gasteiger partial charge in [-0.05, 0) is 58.8 Å². The Morgan fingerprint density at radius 2 is 2.16 bits per heavy atom. The molecule has 0 spiro atoms. The number of hydrogen-bond donors (Lipinski definition) is 2. The molecule has 5 heteroatoms. The van der Waals surface area contributed by atoms with Crippen LogP contribution in [0.3, 0.4) is 0 Å². The number of amides is 1. The SMILES string of the molecule is O=C(NCC1CCCC1CO)c1ccc(Br)c(Cl)c1. The number of hydrogen-bond acceptors (Lipinski definition) is 2. The fraction of sp³-hybridized carbons (Fsp3) is 0.500. The molecule has 19 heavy (non-hydrogen) atoms. The number of halogens is 2. The van der Waals surface area contributed by atoms with Gasteiger partial charge in [-0.3, -0.25) is 4.79 Å². The summed E-state index contributed by atoms with van der Waals surface area (Å²) < 4.78 is 0.779. The van der Waals surface area contributed by atoms with Crippen LogP contribution in [0.2, 0.25) is 5.02 Å². The minimum Gasteiger partial charge on any atom is -0.396 e. The molecule has 0 aliphatic heterocycles. The van der Waals surface area contributed by atoms with Gasteiger partial charge < -0.3 is 10.4 Å². The fourth-order valence-corrected chi connectivity index (χ4v) is 3.01. The van der Waals surface area contributed by atoms with E-state index in [0.717, 1.165) is 23.7 Å². The highest BCUT2D eigenvalue weighted by Gasteiger charge is 2.26. The molecular weight excluding hydrogens is 330 g/mol. The van der Waals surface area contributed by atoms with E-state index >= 15 is 0 Å². The monoisotopic (exact) mass is 345 g/mol. The molecule has 0 saturated heterocycles. The summed E-state index contributed by atoms with van der Waals surface area (Å²) >= 11 is 9.27. The average molecular weight is 347 g/mol. The lowest BCUT2D eigenvalue weighted by Crippen LogP contribution is -2.31. The van der Waals surface area contributed by atoms with Gasteiger partial charge in [-0.1, -0.05) is 18.0 Å². The van der Waals surface area contributed by atoms with Crippen LogP contribution in [0.25, 0.3) is 0 Å². The molecule has 1 fully saturated rings. The zero-order chi connectivity index (χ0) is 13.8. The number of carbonyl (C=O) groups excluding carboxylic acids is 1. The van der Waals surface area contributed by atoms with Gasteiger partial charge in [-0.2, -0.15) is 0 Å². The zero-order valence-electron chi connectivity index (χ0n) is 10.5. The lowest BCUT2D eigenvalue weighted by Gasteiger charge is -2.17. The van der Waals surface area contributed by atoms with Crippen LogP contribution in [0.5, 0.6) is 0 Å². The Hall–Kier alpha value is -0.580. The second kappa shape index (κ2) is 6.73. The molecule has 0 radical (unpaired) electrons. The second-order valence-electron chi connectivity index (χ2n) is 4.97. The van der Waals surface area contributed by atoms with E-state index in [9.17, 15) is 9.90 Å². The molecule has 0 heterocycles. The lowest BCUT2D eigenvalue weighted by molar-refractivity contribution is 0.0937. The van der Waals surface area contributed by atoms with Crippen molar-refractivity contribution in [3.8, 4) is 0 Å². The van der Waals surface area contributed by atoms with Gasteiger partial charge in [0.15, 0.2) is 0 Å². The van der Waals surface area contributed by atoms with E-state index < -0.39 is 0 Å². The summed E-state index contributed by atoms with van der Waals surface area (Å²) in [5.74, 6) is 0.603. The van der Waals surface area contributed by atoms with Crippen molar-refractivity contribution in [2.24, 2.45) is 11.8 Å². The first-order valence-corrected chi connectivity index (χ1v) is 7.63. The molecule has 2 unspecified atom stereocenters. The van der Waals surface area contributed by atoms with Crippen LogP contribution in [0, 0.1) is 11.8 Å². The predicted molar refractivity (Wildman–Crippen MR) is 79.4 cm³/mol. The number of carbonyl (C=O) groups is 1. The Balaban J connectivity index is 1.92. The molecule has 2 atom stereocenters. The van der Waals surface area contributed by atoms with Crippen molar-refractivity contribution in [2.75, 3.05) is 13.2 Å². The number of nitrogens with one attached hydrogen (secondary N) is 1. The van der Waals surface area contributed by atoms with Crippen molar-refractivity contribution in [2.45, 2.75) is 19.3 Å². The summed E-state index contributed by atoms with van der Waals surface area (Å²) in [5, 5.41) is 12.7. The maximum atomic E-state index is 12.0. The maximum Gasteiger partial charge on any atom is 0.251 e. The van der Waals surface area contributed by atoms with E-state index in [2.05, 4.69) is 21.2 Å². The Labute approximate surface area is 126 Å². The topological polar surface area (TPSA) is 49.3 Å². The normalized spacial score (nSPS) is 22.5. The van der Waals surface area contributed by atoms with Crippen LogP contribution in [0.1, 0.15) is 29.6 Å². The molecule has 1 saturated carbocycles. The quantitative estimate of drug-likeness (QED) is 0.879. The fourth-order valence-electron chi connectivity index (χ4n) is 2.59. The molecular formula is C14H17BrClNO2. The third-order valence-electron chi connectivity index (χ3n) is 3.76. The summed E-state index contributed by atoms with van der Waals surface area (Å²) in [5.41, 5.74) is 0.562. The van der Waals surface area contributed by atoms with Crippen molar-refractivity contribution < 1.29 is 9.90 Å². The smallest absolute Gasteiger partial charge is 0.251 e. The number of aliphatic hydroxyl groups excluding tert-OH is 1. The summed E-state index contributed by atoms with van der Waals surface area (Å²) in [6.07, 6.45) is 3.27. The van der Waals surface area contributed by atoms with Crippen LogP contribution >= 0.6 is 27.5 Å². The Morgan fingerprint density at radius 3 is 2.84 bits per heavy atom. The molecule has 1 aromatic rings. The highest BCUT2D eigenvalue weighted by molar-refractivity contribution is 9.10. The summed E-state index contributed by atoms with van der Waals surface area (Å²) in [4.78, 5) is 12.0. The van der Waals surface area contributed by atoms with Gasteiger partial charge in [0.2, 0.25) is 0 Å². The van der Waals surface area contributed by atoms with E-state index in [0.29, 0.717) is 29.0 Å². The third-order valence-corrected chi connectivity index (χ3v) is 4.99. The predicted octanol–water partition coefficient (Wildman–Crippen LogP) is 3.24. The molecule has 2 N–H and O–H groups in total. The summed E-state index contributed by atoms with van der Waals surface area (Å²) in [6.45, 7) is 0.836. The van der Waals surface area contributed by atoms with Crippen LogP contribution in [-0.2, 0) is 0 Å². The molecule has 1 aromatic carbocycles. The molecule has 1 aliphatic rings. The maximum absolute atomic E-state index is 12.0. The minimum absolute atomic E-state index is 0.113. The summed E-state index contributed by atoms with van der Waals surface area (Å²) in [7, 11) is 0. The van der Waals surface area contributed by atoms with Crippen molar-refractivity contribution in [3.05, 3.63) is 33.3 Å². The highest BCUT2D eigenvalue weighted by Crippen LogP contribution is 2.30. The van der Waals surface area contributed by atoms with Crippen molar-refractivity contribution in [1.82, 2.24) is 5.32 Å². The zero-order valence-corrected chi connectivity index (χ0v) is 12.9. The van der Waals surface area contributed by atoms with Gasteiger partial charge >= 0.3 is 0 Å². The number of aliphatic hydroxyl groups is 1. The third kappa shape index (κ3) is 3.71. The van der Waals surface area contributed by atoms with E-state index in [1.807, 2.05) is 0 Å². The molecule has 1 amide bonds. The van der Waals surface area contributed by atoms with Crippen LogP contribution in [0.15, 0.2) is 22.7 Å². The van der Waals surface area contributed by atoms with Gasteiger partial charge in [0.1, 0.15) is 0 Å². The van der Waals surface area contributed by atoms with Gasteiger partial charge in [0.05, 0.1) is 5.02 Å². The van der Waals surface area contributed by atoms with Crippen LogP contribution in [-0.4, -0.2) is 24.2 Å². The van der Waals surface area contributed by atoms with Crippen molar-refractivity contribution in [3.63, 3.8) is 0 Å². The Bertz CT molecular complexity index is 467. The van der Waals surface area contributed by atoms with E-state index in [1.54, 1.807) is 18.2 Å². The van der Waals surface area contributed by atoms with E-state index in [1.165, 1.54) is 0 Å². The Morgan fingerprint density at radius 1 is 1.42 bits per heavy atom. The molecule has 1 aliphatic carbocycles. The van der Waals surface area contributed by atoms with Gasteiger partial charge in [-0.15, -0.1) is 0 Å². The van der Waals surface area contributed by atoms with Gasteiger partial charge in [-0.25, -0.2) is 0 Å². The van der Waals surface area contributed by atoms with Crippen molar-refractivity contribution in [1.29, 1.82) is 0 Å². The van der Waals surface area contributed by atoms with Gasteiger partial charge in [0, 0.05) is 23.2 Å². The van der Waals surface area contributed by atoms with E-state index in [-0.39, 0.29) is 12.5 Å². The highest BCUT2D eigenvalue weighted by atomic mass is 79.9. The molecule has 0 bridgehead atoms. The summed E-state index contributed by atoms with van der Waals surface area (Å²) in [6, 6.07) is 5.16. The average Bonchev–Trinajstić information content (AvgIpc) is 2.86. The standard InChI is InChI=1S/C14H17BrClNO2/c15-12-5-4-9(6-13(12)16)14(19)17-7-10-2-1-3-11(10)8-18/h4-6,10-11,18H,1-3,7-8H2,(H,17,19). The molecule has 2 rings (SSSR count). The number of rotatable bonds is 4. The first-order valence-electron chi connectivity index (χ1n) is 6.46. The van der Waals surface area contributed by atoms with Crippen LogP contribution in [0.4, 0.5) is 0 Å². The van der Waals surface area contributed by atoms with E-state index in [4.69, 9.17) is 11.6 Å². The van der Waals surface area contributed by atoms with Crippen LogP contribution < -0.4 is 5.32 Å². The van der Waals surface area contributed by atoms with Gasteiger partial charge in [0.25, 0.3) is 5.91 Å². The molecule has 104 valence electrons. The van der Waals surface area contributed by atoms with Crippen molar-refractivity contribution >= 4 is 33.4 Å². The largest absolute Gasteiger partial charge is 0.396 e. The minimum atomic E-state index is -0.113.